The molecule has 1 aliphatic rings. The number of allylic oxidation sites excluding steroid dienone is 1. The van der Waals surface area contributed by atoms with Crippen molar-refractivity contribution in [3.63, 3.8) is 0 Å². The number of thiazole rings is 1. The number of esters is 1. The number of carbonyl (C=O) groups is 2. The van der Waals surface area contributed by atoms with Gasteiger partial charge in [0.25, 0.3) is 5.56 Å². The first-order valence-electron chi connectivity index (χ1n) is 11.2. The minimum absolute atomic E-state index is 0.0452. The number of ether oxygens (including phenoxy) is 2. The number of carbonyl (C=O) groups excluding carboxylic acids is 2. The van der Waals surface area contributed by atoms with Crippen molar-refractivity contribution < 1.29 is 24.2 Å². The number of carboxylic acid groups (broad SMARTS) is 1. The topological polar surface area (TPSA) is 110 Å². The largest absolute Gasteiger partial charge is 0.545 e. The van der Waals surface area contributed by atoms with Gasteiger partial charge >= 0.3 is 5.97 Å². The smallest absolute Gasteiger partial charge is 0.338 e. The number of aromatic nitrogens is 1. The Bertz CT molecular complexity index is 1530. The first-order valence-corrected chi connectivity index (χ1v) is 12.0. The fourth-order valence-corrected chi connectivity index (χ4v) is 4.92. The highest BCUT2D eigenvalue weighted by molar-refractivity contribution is 7.07. The van der Waals surface area contributed by atoms with Crippen molar-refractivity contribution in [2.75, 3.05) is 13.2 Å². The molecule has 0 bridgehead atoms. The van der Waals surface area contributed by atoms with E-state index in [9.17, 15) is 19.5 Å². The zero-order valence-electron chi connectivity index (χ0n) is 19.7. The minimum atomic E-state index is -1.27. The third kappa shape index (κ3) is 4.92. The van der Waals surface area contributed by atoms with Gasteiger partial charge in [0.1, 0.15) is 12.4 Å². The molecule has 0 aliphatic carbocycles. The number of rotatable bonds is 8. The van der Waals surface area contributed by atoms with Crippen molar-refractivity contribution in [3.8, 4) is 5.75 Å². The molecule has 9 heteroatoms. The van der Waals surface area contributed by atoms with Crippen LogP contribution in [0.1, 0.15) is 41.4 Å². The average molecular weight is 504 g/mol. The third-order valence-corrected chi connectivity index (χ3v) is 6.51. The molecule has 36 heavy (non-hydrogen) atoms. The van der Waals surface area contributed by atoms with E-state index in [4.69, 9.17) is 9.47 Å². The van der Waals surface area contributed by atoms with Crippen molar-refractivity contribution in [1.82, 2.24) is 4.57 Å². The highest BCUT2D eigenvalue weighted by Crippen LogP contribution is 2.31. The predicted molar refractivity (Wildman–Crippen MR) is 133 cm³/mol. The summed E-state index contributed by atoms with van der Waals surface area (Å²) in [5.74, 6) is -1.18. The van der Waals surface area contributed by atoms with Gasteiger partial charge in [0, 0.05) is 0 Å². The molecular formula is C27H23N2O6S-. The SMILES string of the molecule is C=CCOc1ccc([C@H]2C(C(=O)OCC)=C(C)N=c3s/c(=C\c4ccc(C(=O)[O-])cc4)c(=O)n32)cc1. The molecule has 3 aromatic rings. The van der Waals surface area contributed by atoms with Crippen LogP contribution in [0.15, 0.2) is 82.2 Å². The van der Waals surface area contributed by atoms with Crippen LogP contribution in [0.2, 0.25) is 0 Å². The van der Waals surface area contributed by atoms with Gasteiger partial charge in [-0.15, -0.1) is 0 Å². The minimum Gasteiger partial charge on any atom is -0.545 e. The van der Waals surface area contributed by atoms with Gasteiger partial charge in [0.15, 0.2) is 4.80 Å². The fraction of sp³-hybridized carbons (Fsp3) is 0.185. The van der Waals surface area contributed by atoms with Gasteiger partial charge in [-0.05, 0) is 48.7 Å². The lowest BCUT2D eigenvalue weighted by Crippen LogP contribution is -2.39. The molecule has 0 spiro atoms. The Morgan fingerprint density at radius 2 is 1.86 bits per heavy atom. The Kier molecular flexibility index (Phi) is 7.30. The van der Waals surface area contributed by atoms with E-state index in [0.29, 0.717) is 38.5 Å². The quantitative estimate of drug-likeness (QED) is 0.342. The van der Waals surface area contributed by atoms with Gasteiger partial charge in [-0.25, -0.2) is 9.79 Å². The van der Waals surface area contributed by atoms with E-state index in [1.54, 1.807) is 62.4 Å². The van der Waals surface area contributed by atoms with Crippen molar-refractivity contribution in [1.29, 1.82) is 0 Å². The fourth-order valence-electron chi connectivity index (χ4n) is 3.88. The molecule has 0 saturated carbocycles. The number of hydrogen-bond donors (Lipinski definition) is 0. The van der Waals surface area contributed by atoms with Gasteiger partial charge < -0.3 is 19.4 Å². The van der Waals surface area contributed by atoms with Crippen LogP contribution in [0.3, 0.4) is 0 Å². The Balaban J connectivity index is 1.85. The Labute approximate surface area is 210 Å². The van der Waals surface area contributed by atoms with Crippen LogP contribution < -0.4 is 24.7 Å². The van der Waals surface area contributed by atoms with E-state index in [1.807, 2.05) is 0 Å². The molecule has 1 aromatic heterocycles. The summed E-state index contributed by atoms with van der Waals surface area (Å²) in [5.41, 5.74) is 1.82. The maximum atomic E-state index is 13.6. The number of aromatic carboxylic acids is 1. The van der Waals surface area contributed by atoms with E-state index >= 15 is 0 Å². The van der Waals surface area contributed by atoms with Gasteiger partial charge in [-0.1, -0.05) is 60.4 Å². The first-order chi connectivity index (χ1) is 17.3. The lowest BCUT2D eigenvalue weighted by atomic mass is 9.96. The van der Waals surface area contributed by atoms with Gasteiger partial charge in [0.05, 0.1) is 34.4 Å². The van der Waals surface area contributed by atoms with Gasteiger partial charge in [0.2, 0.25) is 0 Å². The average Bonchev–Trinajstić information content (AvgIpc) is 3.16. The van der Waals surface area contributed by atoms with Crippen molar-refractivity contribution in [2.45, 2.75) is 19.9 Å². The Hall–Kier alpha value is -4.24. The second kappa shape index (κ2) is 10.6. The molecule has 8 nitrogen and oxygen atoms in total. The zero-order valence-corrected chi connectivity index (χ0v) is 20.5. The van der Waals surface area contributed by atoms with Crippen LogP contribution in [0.5, 0.6) is 5.75 Å². The number of nitrogens with zero attached hydrogens (tertiary/aromatic N) is 2. The number of hydrogen-bond acceptors (Lipinski definition) is 8. The molecule has 0 fully saturated rings. The number of fused-ring (bicyclic) bond motifs is 1. The molecule has 1 aliphatic heterocycles. The van der Waals surface area contributed by atoms with Crippen LogP contribution in [0.25, 0.3) is 6.08 Å². The molecule has 0 unspecified atom stereocenters. The van der Waals surface area contributed by atoms with Crippen molar-refractivity contribution in [2.24, 2.45) is 4.99 Å². The molecule has 0 radical (unpaired) electrons. The van der Waals surface area contributed by atoms with Crippen LogP contribution in [0, 0.1) is 0 Å². The second-order valence-corrected chi connectivity index (χ2v) is 8.89. The summed E-state index contributed by atoms with van der Waals surface area (Å²) in [4.78, 5) is 42.6. The summed E-state index contributed by atoms with van der Waals surface area (Å²) in [6.07, 6.45) is 3.30. The maximum Gasteiger partial charge on any atom is 0.338 e. The van der Waals surface area contributed by atoms with Gasteiger partial charge in [-0.3, -0.25) is 9.36 Å². The lowest BCUT2D eigenvalue weighted by molar-refractivity contribution is -0.255. The van der Waals surface area contributed by atoms with Gasteiger partial charge in [-0.2, -0.15) is 0 Å². The molecule has 2 aromatic carbocycles. The normalized spacial score (nSPS) is 15.2. The number of carboxylic acids is 1. The summed E-state index contributed by atoms with van der Waals surface area (Å²) < 4.78 is 12.8. The molecule has 0 N–H and O–H groups in total. The van der Waals surface area contributed by atoms with Crippen molar-refractivity contribution in [3.05, 3.63) is 109 Å². The summed E-state index contributed by atoms with van der Waals surface area (Å²) in [7, 11) is 0. The van der Waals surface area contributed by atoms with Crippen LogP contribution in [-0.4, -0.2) is 29.7 Å². The summed E-state index contributed by atoms with van der Waals surface area (Å²) in [6.45, 7) is 7.61. The van der Waals surface area contributed by atoms with Crippen LogP contribution in [-0.2, 0) is 9.53 Å². The summed E-state index contributed by atoms with van der Waals surface area (Å²) in [6, 6.07) is 12.4. The summed E-state index contributed by atoms with van der Waals surface area (Å²) >= 11 is 1.19. The van der Waals surface area contributed by atoms with Crippen LogP contribution in [0.4, 0.5) is 0 Å². The third-order valence-electron chi connectivity index (χ3n) is 5.52. The zero-order chi connectivity index (χ0) is 25.8. The highest BCUT2D eigenvalue weighted by atomic mass is 32.1. The molecule has 2 heterocycles. The second-order valence-electron chi connectivity index (χ2n) is 7.88. The van der Waals surface area contributed by atoms with E-state index in [-0.39, 0.29) is 23.3 Å². The molecule has 0 amide bonds. The van der Waals surface area contributed by atoms with Crippen molar-refractivity contribution >= 4 is 29.4 Å². The summed E-state index contributed by atoms with van der Waals surface area (Å²) in [5, 5.41) is 11.0. The monoisotopic (exact) mass is 503 g/mol. The van der Waals surface area contributed by atoms with Crippen LogP contribution >= 0.6 is 11.3 Å². The Morgan fingerprint density at radius 3 is 2.47 bits per heavy atom. The van der Waals surface area contributed by atoms with E-state index in [2.05, 4.69) is 11.6 Å². The molecule has 1 atom stereocenters. The Morgan fingerprint density at radius 1 is 1.17 bits per heavy atom. The van der Waals surface area contributed by atoms with E-state index in [1.165, 1.54) is 28.0 Å². The molecule has 184 valence electrons. The standard InChI is InChI=1S/C27H24N2O6S/c1-4-14-35-20-12-10-18(11-13-20)23-22(26(33)34-5-2)16(3)28-27-29(23)24(30)21(36-27)15-17-6-8-19(9-7-17)25(31)32/h4,6-13,15,23H,1,5,14H2,2-3H3,(H,31,32)/p-1/b21-15-/t23-/m0/s1. The molecule has 0 saturated heterocycles. The molecule has 4 rings (SSSR count). The first kappa shape index (κ1) is 24.9. The number of benzene rings is 2. The highest BCUT2D eigenvalue weighted by Gasteiger charge is 2.33. The predicted octanol–water partition coefficient (Wildman–Crippen LogP) is 1.73. The molecular weight excluding hydrogens is 480 g/mol. The van der Waals surface area contributed by atoms with E-state index < -0.39 is 18.0 Å². The lowest BCUT2D eigenvalue weighted by Gasteiger charge is -2.24. The van der Waals surface area contributed by atoms with E-state index in [0.717, 1.165) is 0 Å². The maximum absolute atomic E-state index is 13.6.